The zero-order valence-electron chi connectivity index (χ0n) is 12.6. The van der Waals surface area contributed by atoms with E-state index < -0.39 is 0 Å². The summed E-state index contributed by atoms with van der Waals surface area (Å²) in [5, 5.41) is 3.55. The lowest BCUT2D eigenvalue weighted by molar-refractivity contribution is 0.250. The average Bonchev–Trinajstić information content (AvgIpc) is 2.53. The third-order valence-electron chi connectivity index (χ3n) is 3.62. The number of likely N-dealkylation sites (N-methyl/N-ethyl adjacent to an activating group) is 1. The molecule has 1 rings (SSSR count). The Morgan fingerprint density at radius 3 is 2.35 bits per heavy atom. The van der Waals surface area contributed by atoms with Crippen molar-refractivity contribution in [1.29, 1.82) is 0 Å². The second-order valence-electron chi connectivity index (χ2n) is 6.80. The molecule has 1 fully saturated rings. The minimum atomic E-state index is 0.254. The monoisotopic (exact) mass is 241 g/mol. The molecule has 0 bridgehead atoms. The SMILES string of the molecule is CC1CN(CCCNC(C)(C)C)CC1N(C)C. The Hall–Kier alpha value is -0.120. The van der Waals surface area contributed by atoms with Crippen LogP contribution in [0.5, 0.6) is 0 Å². The Balaban J connectivity index is 2.18. The van der Waals surface area contributed by atoms with Crippen molar-refractivity contribution in [2.75, 3.05) is 40.3 Å². The molecule has 1 saturated heterocycles. The fraction of sp³-hybridized carbons (Fsp3) is 1.00. The van der Waals surface area contributed by atoms with Crippen LogP contribution < -0.4 is 5.32 Å². The fourth-order valence-corrected chi connectivity index (χ4v) is 2.67. The summed E-state index contributed by atoms with van der Waals surface area (Å²) in [6.45, 7) is 13.9. The predicted octanol–water partition coefficient (Wildman–Crippen LogP) is 1.65. The first-order chi connectivity index (χ1) is 7.79. The predicted molar refractivity (Wildman–Crippen MR) is 75.5 cm³/mol. The molecule has 102 valence electrons. The molecule has 3 nitrogen and oxygen atoms in total. The number of hydrogen-bond acceptors (Lipinski definition) is 3. The molecule has 0 amide bonds. The van der Waals surface area contributed by atoms with Gasteiger partial charge in [-0.2, -0.15) is 0 Å². The highest BCUT2D eigenvalue weighted by molar-refractivity contribution is 4.86. The summed E-state index contributed by atoms with van der Waals surface area (Å²) in [6.07, 6.45) is 1.25. The van der Waals surface area contributed by atoms with E-state index in [-0.39, 0.29) is 5.54 Å². The lowest BCUT2D eigenvalue weighted by atomic mass is 10.1. The third kappa shape index (κ3) is 5.36. The standard InChI is InChI=1S/C14H31N3/c1-12-10-17(11-13(12)16(5)6)9-7-8-15-14(2,3)4/h12-13,15H,7-11H2,1-6H3. The molecular weight excluding hydrogens is 210 g/mol. The molecule has 17 heavy (non-hydrogen) atoms. The van der Waals surface area contributed by atoms with Gasteiger partial charge in [0.05, 0.1) is 0 Å². The maximum atomic E-state index is 3.55. The zero-order valence-corrected chi connectivity index (χ0v) is 12.6. The van der Waals surface area contributed by atoms with Gasteiger partial charge in [-0.3, -0.25) is 0 Å². The van der Waals surface area contributed by atoms with Gasteiger partial charge < -0.3 is 15.1 Å². The molecule has 1 heterocycles. The van der Waals surface area contributed by atoms with Gasteiger partial charge in [-0.1, -0.05) is 6.92 Å². The highest BCUT2D eigenvalue weighted by Gasteiger charge is 2.30. The van der Waals surface area contributed by atoms with Crippen molar-refractivity contribution in [1.82, 2.24) is 15.1 Å². The van der Waals surface area contributed by atoms with Gasteiger partial charge in [-0.15, -0.1) is 0 Å². The van der Waals surface area contributed by atoms with E-state index in [1.54, 1.807) is 0 Å². The Labute approximate surface area is 108 Å². The second-order valence-corrected chi connectivity index (χ2v) is 6.80. The average molecular weight is 241 g/mol. The summed E-state index contributed by atoms with van der Waals surface area (Å²) in [7, 11) is 4.40. The Bertz CT molecular complexity index is 220. The van der Waals surface area contributed by atoms with Gasteiger partial charge >= 0.3 is 0 Å². The van der Waals surface area contributed by atoms with Gasteiger partial charge in [-0.25, -0.2) is 0 Å². The maximum absolute atomic E-state index is 3.55. The molecule has 0 spiro atoms. The molecule has 1 aliphatic rings. The van der Waals surface area contributed by atoms with E-state index in [9.17, 15) is 0 Å². The molecule has 1 aliphatic heterocycles. The van der Waals surface area contributed by atoms with Crippen LogP contribution in [0, 0.1) is 5.92 Å². The molecule has 0 radical (unpaired) electrons. The quantitative estimate of drug-likeness (QED) is 0.738. The molecule has 0 aliphatic carbocycles. The fourth-order valence-electron chi connectivity index (χ4n) is 2.67. The smallest absolute Gasteiger partial charge is 0.0254 e. The van der Waals surface area contributed by atoms with Gasteiger partial charge in [0.15, 0.2) is 0 Å². The molecule has 2 atom stereocenters. The van der Waals surface area contributed by atoms with Crippen LogP contribution in [0.25, 0.3) is 0 Å². The molecule has 2 unspecified atom stereocenters. The van der Waals surface area contributed by atoms with Crippen LogP contribution in [-0.2, 0) is 0 Å². The van der Waals surface area contributed by atoms with Crippen molar-refractivity contribution in [2.45, 2.75) is 45.7 Å². The van der Waals surface area contributed by atoms with Crippen molar-refractivity contribution >= 4 is 0 Å². The number of hydrogen-bond donors (Lipinski definition) is 1. The molecule has 0 aromatic heterocycles. The Morgan fingerprint density at radius 1 is 1.24 bits per heavy atom. The molecule has 0 aromatic rings. The molecule has 1 N–H and O–H groups in total. The van der Waals surface area contributed by atoms with Crippen LogP contribution in [0.4, 0.5) is 0 Å². The van der Waals surface area contributed by atoms with Crippen molar-refractivity contribution in [3.8, 4) is 0 Å². The summed E-state index contributed by atoms with van der Waals surface area (Å²) >= 11 is 0. The number of rotatable bonds is 5. The molecule has 0 aromatic carbocycles. The first-order valence-corrected chi connectivity index (χ1v) is 6.93. The van der Waals surface area contributed by atoms with Gasteiger partial charge in [-0.05, 0) is 60.3 Å². The largest absolute Gasteiger partial charge is 0.312 e. The number of likely N-dealkylation sites (tertiary alicyclic amines) is 1. The first-order valence-electron chi connectivity index (χ1n) is 6.93. The molecular formula is C14H31N3. The van der Waals surface area contributed by atoms with Gasteiger partial charge in [0, 0.05) is 24.7 Å². The van der Waals surface area contributed by atoms with E-state index >= 15 is 0 Å². The topological polar surface area (TPSA) is 18.5 Å². The summed E-state index contributed by atoms with van der Waals surface area (Å²) < 4.78 is 0. The lowest BCUT2D eigenvalue weighted by Crippen LogP contribution is -2.38. The van der Waals surface area contributed by atoms with Crippen LogP contribution in [0.2, 0.25) is 0 Å². The van der Waals surface area contributed by atoms with Crippen LogP contribution in [0.15, 0.2) is 0 Å². The van der Waals surface area contributed by atoms with E-state index in [0.717, 1.165) is 18.5 Å². The minimum Gasteiger partial charge on any atom is -0.312 e. The summed E-state index contributed by atoms with van der Waals surface area (Å²) in [5.41, 5.74) is 0.254. The summed E-state index contributed by atoms with van der Waals surface area (Å²) in [6, 6.07) is 0.741. The Morgan fingerprint density at radius 2 is 1.88 bits per heavy atom. The van der Waals surface area contributed by atoms with E-state index in [4.69, 9.17) is 0 Å². The van der Waals surface area contributed by atoms with Crippen LogP contribution in [0.3, 0.4) is 0 Å². The minimum absolute atomic E-state index is 0.254. The van der Waals surface area contributed by atoms with Gasteiger partial charge in [0.2, 0.25) is 0 Å². The van der Waals surface area contributed by atoms with Crippen molar-refractivity contribution in [3.63, 3.8) is 0 Å². The van der Waals surface area contributed by atoms with Crippen LogP contribution >= 0.6 is 0 Å². The number of nitrogens with one attached hydrogen (secondary N) is 1. The number of nitrogens with zero attached hydrogens (tertiary/aromatic N) is 2. The second kappa shape index (κ2) is 6.17. The highest BCUT2D eigenvalue weighted by Crippen LogP contribution is 2.19. The molecule has 0 saturated carbocycles. The molecule has 3 heteroatoms. The van der Waals surface area contributed by atoms with Gasteiger partial charge in [0.25, 0.3) is 0 Å². The Kier molecular flexibility index (Phi) is 5.42. The van der Waals surface area contributed by atoms with Crippen molar-refractivity contribution in [3.05, 3.63) is 0 Å². The van der Waals surface area contributed by atoms with E-state index in [2.05, 4.69) is 56.9 Å². The van der Waals surface area contributed by atoms with Gasteiger partial charge in [0.1, 0.15) is 0 Å². The van der Waals surface area contributed by atoms with Crippen molar-refractivity contribution in [2.24, 2.45) is 5.92 Å². The van der Waals surface area contributed by atoms with Crippen molar-refractivity contribution < 1.29 is 0 Å². The van der Waals surface area contributed by atoms with E-state index in [1.807, 2.05) is 0 Å². The first kappa shape index (κ1) is 14.9. The van der Waals surface area contributed by atoms with E-state index in [1.165, 1.54) is 26.1 Å². The highest BCUT2D eigenvalue weighted by atomic mass is 15.2. The van der Waals surface area contributed by atoms with Crippen LogP contribution in [-0.4, -0.2) is 61.7 Å². The maximum Gasteiger partial charge on any atom is 0.0254 e. The lowest BCUT2D eigenvalue weighted by Gasteiger charge is -2.23. The summed E-state index contributed by atoms with van der Waals surface area (Å²) in [4.78, 5) is 4.98. The third-order valence-corrected chi connectivity index (χ3v) is 3.62. The van der Waals surface area contributed by atoms with Crippen LogP contribution in [0.1, 0.15) is 34.1 Å². The zero-order chi connectivity index (χ0) is 13.1. The normalized spacial score (nSPS) is 27.0. The summed E-state index contributed by atoms with van der Waals surface area (Å²) in [5.74, 6) is 0.806. The van der Waals surface area contributed by atoms with E-state index in [0.29, 0.717) is 0 Å².